The van der Waals surface area contributed by atoms with E-state index in [9.17, 15) is 10.1 Å². The average Bonchev–Trinajstić information content (AvgIpc) is 3.26. The molecule has 1 unspecified atom stereocenters. The smallest absolute Gasteiger partial charge is 0.314 e. The summed E-state index contributed by atoms with van der Waals surface area (Å²) in [6, 6.07) is 5.28. The van der Waals surface area contributed by atoms with Crippen molar-refractivity contribution in [2.45, 2.75) is 25.8 Å². The zero-order chi connectivity index (χ0) is 14.5. The van der Waals surface area contributed by atoms with Gasteiger partial charge in [0.1, 0.15) is 5.75 Å². The summed E-state index contributed by atoms with van der Waals surface area (Å²) in [6.45, 7) is 3.38. The molecule has 1 fully saturated rings. The Morgan fingerprint density at radius 1 is 1.50 bits per heavy atom. The van der Waals surface area contributed by atoms with Gasteiger partial charge in [0.25, 0.3) is 0 Å². The number of nitro groups is 1. The second-order valence-corrected chi connectivity index (χ2v) is 5.19. The summed E-state index contributed by atoms with van der Waals surface area (Å²) in [5.74, 6) is 1.04. The van der Waals surface area contributed by atoms with Gasteiger partial charge in [-0.2, -0.15) is 0 Å². The van der Waals surface area contributed by atoms with E-state index in [0.29, 0.717) is 24.3 Å². The molecule has 0 amide bonds. The summed E-state index contributed by atoms with van der Waals surface area (Å²) in [7, 11) is 1.48. The van der Waals surface area contributed by atoms with Gasteiger partial charge in [0.15, 0.2) is 5.75 Å². The number of nitrogens with one attached hydrogen (secondary N) is 1. The molecule has 0 radical (unpaired) electrons. The quantitative estimate of drug-likeness (QED) is 0.584. The Morgan fingerprint density at radius 2 is 2.25 bits per heavy atom. The van der Waals surface area contributed by atoms with Crippen LogP contribution in [0.4, 0.5) is 5.69 Å². The summed E-state index contributed by atoms with van der Waals surface area (Å²) >= 11 is 0. The molecule has 1 aromatic rings. The lowest BCUT2D eigenvalue weighted by Gasteiger charge is -2.14. The Morgan fingerprint density at radius 3 is 2.85 bits per heavy atom. The van der Waals surface area contributed by atoms with Gasteiger partial charge >= 0.3 is 5.69 Å². The van der Waals surface area contributed by atoms with Crippen LogP contribution in [0.25, 0.3) is 0 Å². The van der Waals surface area contributed by atoms with Crippen LogP contribution in [-0.2, 0) is 0 Å². The van der Waals surface area contributed by atoms with Gasteiger partial charge in [0.05, 0.1) is 24.7 Å². The van der Waals surface area contributed by atoms with Gasteiger partial charge in [-0.05, 0) is 25.0 Å². The molecule has 0 aromatic heterocycles. The van der Waals surface area contributed by atoms with Crippen LogP contribution in [0.15, 0.2) is 18.2 Å². The molecule has 0 saturated heterocycles. The molecule has 1 aromatic carbocycles. The third kappa shape index (κ3) is 4.09. The maximum Gasteiger partial charge on any atom is 0.314 e. The highest BCUT2D eigenvalue weighted by Gasteiger charge is 2.21. The van der Waals surface area contributed by atoms with Crippen LogP contribution in [-0.4, -0.2) is 31.2 Å². The minimum absolute atomic E-state index is 0.0632. The normalized spacial score (nSPS) is 15.7. The van der Waals surface area contributed by atoms with E-state index >= 15 is 0 Å². The SMILES string of the molecule is COc1ccc(OCC(C)CNC2CC2)c([N+](=O)[O-])c1. The number of hydrogen-bond donors (Lipinski definition) is 1. The van der Waals surface area contributed by atoms with Gasteiger partial charge in [-0.15, -0.1) is 0 Å². The molecule has 1 atom stereocenters. The zero-order valence-electron chi connectivity index (χ0n) is 11.8. The van der Waals surface area contributed by atoms with E-state index < -0.39 is 4.92 Å². The van der Waals surface area contributed by atoms with Gasteiger partial charge in [-0.1, -0.05) is 6.92 Å². The number of methoxy groups -OCH3 is 1. The molecule has 1 saturated carbocycles. The second-order valence-electron chi connectivity index (χ2n) is 5.19. The van der Waals surface area contributed by atoms with Crippen LogP contribution in [0.1, 0.15) is 19.8 Å². The fraction of sp³-hybridized carbons (Fsp3) is 0.571. The van der Waals surface area contributed by atoms with Gasteiger partial charge in [0, 0.05) is 18.5 Å². The Balaban J connectivity index is 1.91. The lowest BCUT2D eigenvalue weighted by Crippen LogP contribution is -2.26. The van der Waals surface area contributed by atoms with Gasteiger partial charge in [-0.25, -0.2) is 0 Å². The number of rotatable bonds is 8. The first kappa shape index (κ1) is 14.6. The fourth-order valence-electron chi connectivity index (χ4n) is 1.84. The highest BCUT2D eigenvalue weighted by atomic mass is 16.6. The third-order valence-electron chi connectivity index (χ3n) is 3.22. The van der Waals surface area contributed by atoms with E-state index in [1.54, 1.807) is 12.1 Å². The highest BCUT2D eigenvalue weighted by Crippen LogP contribution is 2.31. The Labute approximate surface area is 118 Å². The fourth-order valence-corrected chi connectivity index (χ4v) is 1.84. The van der Waals surface area contributed by atoms with Crippen LogP contribution in [0.2, 0.25) is 0 Å². The molecule has 1 aliphatic rings. The van der Waals surface area contributed by atoms with Gasteiger partial charge in [0.2, 0.25) is 0 Å². The Kier molecular flexibility index (Phi) is 4.79. The van der Waals surface area contributed by atoms with Crippen molar-refractivity contribution in [3.63, 3.8) is 0 Å². The lowest BCUT2D eigenvalue weighted by atomic mass is 10.2. The number of nitro benzene ring substituents is 1. The summed E-state index contributed by atoms with van der Waals surface area (Å²) in [5, 5.41) is 14.4. The molecule has 0 aliphatic heterocycles. The molecule has 110 valence electrons. The minimum Gasteiger partial charge on any atom is -0.496 e. The molecule has 20 heavy (non-hydrogen) atoms. The monoisotopic (exact) mass is 280 g/mol. The molecule has 0 heterocycles. The second kappa shape index (κ2) is 6.56. The van der Waals surface area contributed by atoms with Gasteiger partial charge < -0.3 is 14.8 Å². The maximum atomic E-state index is 11.0. The molecular weight excluding hydrogens is 260 g/mol. The van der Waals surface area contributed by atoms with Crippen molar-refractivity contribution in [3.8, 4) is 11.5 Å². The van der Waals surface area contributed by atoms with Crippen molar-refractivity contribution in [2.75, 3.05) is 20.3 Å². The Bertz CT molecular complexity index is 474. The van der Waals surface area contributed by atoms with Crippen molar-refractivity contribution in [1.29, 1.82) is 0 Å². The topological polar surface area (TPSA) is 73.6 Å². The summed E-state index contributed by atoms with van der Waals surface area (Å²) in [5.41, 5.74) is -0.0632. The summed E-state index contributed by atoms with van der Waals surface area (Å²) < 4.78 is 10.6. The van der Waals surface area contributed by atoms with Crippen molar-refractivity contribution < 1.29 is 14.4 Å². The van der Waals surface area contributed by atoms with Crippen molar-refractivity contribution in [2.24, 2.45) is 5.92 Å². The van der Waals surface area contributed by atoms with Crippen LogP contribution >= 0.6 is 0 Å². The Hall–Kier alpha value is -1.82. The average molecular weight is 280 g/mol. The molecular formula is C14H20N2O4. The summed E-state index contributed by atoms with van der Waals surface area (Å²) in [6.07, 6.45) is 2.50. The highest BCUT2D eigenvalue weighted by molar-refractivity contribution is 5.50. The number of hydrogen-bond acceptors (Lipinski definition) is 5. The van der Waals surface area contributed by atoms with E-state index in [0.717, 1.165) is 6.54 Å². The minimum atomic E-state index is -0.453. The molecule has 6 heteroatoms. The van der Waals surface area contributed by atoms with Crippen molar-refractivity contribution in [1.82, 2.24) is 5.32 Å². The first-order chi connectivity index (χ1) is 9.60. The number of benzene rings is 1. The largest absolute Gasteiger partial charge is 0.496 e. The first-order valence-corrected chi connectivity index (χ1v) is 6.78. The van der Waals surface area contributed by atoms with Crippen molar-refractivity contribution >= 4 is 5.69 Å². The molecule has 1 aliphatic carbocycles. The van der Waals surface area contributed by atoms with E-state index in [1.807, 2.05) is 0 Å². The standard InChI is InChI=1S/C14H20N2O4/c1-10(8-15-11-3-4-11)9-20-14-6-5-12(19-2)7-13(14)16(17)18/h5-7,10-11,15H,3-4,8-9H2,1-2H3. The zero-order valence-corrected chi connectivity index (χ0v) is 11.8. The predicted octanol–water partition coefficient (Wildman–Crippen LogP) is 2.37. The predicted molar refractivity (Wildman–Crippen MR) is 75.3 cm³/mol. The van der Waals surface area contributed by atoms with Crippen LogP contribution in [0.5, 0.6) is 11.5 Å². The molecule has 0 bridgehead atoms. The first-order valence-electron chi connectivity index (χ1n) is 6.78. The lowest BCUT2D eigenvalue weighted by molar-refractivity contribution is -0.386. The molecule has 0 spiro atoms. The number of nitrogens with zero attached hydrogens (tertiary/aromatic N) is 1. The van der Waals surface area contributed by atoms with E-state index in [4.69, 9.17) is 9.47 Å². The van der Waals surface area contributed by atoms with E-state index in [1.165, 1.54) is 26.0 Å². The van der Waals surface area contributed by atoms with Crippen LogP contribution in [0, 0.1) is 16.0 Å². The van der Waals surface area contributed by atoms with Crippen LogP contribution < -0.4 is 14.8 Å². The van der Waals surface area contributed by atoms with E-state index in [-0.39, 0.29) is 11.4 Å². The molecule has 1 N–H and O–H groups in total. The van der Waals surface area contributed by atoms with Crippen LogP contribution in [0.3, 0.4) is 0 Å². The van der Waals surface area contributed by atoms with Crippen molar-refractivity contribution in [3.05, 3.63) is 28.3 Å². The van der Waals surface area contributed by atoms with E-state index in [2.05, 4.69) is 12.2 Å². The molecule has 6 nitrogen and oxygen atoms in total. The maximum absolute atomic E-state index is 11.0. The summed E-state index contributed by atoms with van der Waals surface area (Å²) in [4.78, 5) is 10.6. The third-order valence-corrected chi connectivity index (χ3v) is 3.22. The van der Waals surface area contributed by atoms with Gasteiger partial charge in [-0.3, -0.25) is 10.1 Å². The number of ether oxygens (including phenoxy) is 2. The molecule has 2 rings (SSSR count).